The van der Waals surface area contributed by atoms with Crippen LogP contribution in [0.15, 0.2) is 18.2 Å². The molecule has 2 rings (SSSR count). The van der Waals surface area contributed by atoms with Crippen LogP contribution < -0.4 is 5.32 Å². The van der Waals surface area contributed by atoms with Crippen molar-refractivity contribution in [3.63, 3.8) is 0 Å². The number of likely N-dealkylation sites (tertiary alicyclic amines) is 1. The summed E-state index contributed by atoms with van der Waals surface area (Å²) in [6.07, 6.45) is 0.200. The largest absolute Gasteiger partial charge is 0.383 e. The Morgan fingerprint density at radius 1 is 1.50 bits per heavy atom. The molecule has 1 heterocycles. The molecular formula is C15H18Cl2N2O3. The molecule has 2 atom stereocenters. The average molecular weight is 345 g/mol. The molecule has 0 unspecified atom stereocenters. The highest BCUT2D eigenvalue weighted by molar-refractivity contribution is 6.36. The van der Waals surface area contributed by atoms with Crippen molar-refractivity contribution in [2.45, 2.75) is 19.4 Å². The van der Waals surface area contributed by atoms with Crippen molar-refractivity contribution in [1.29, 1.82) is 0 Å². The van der Waals surface area contributed by atoms with E-state index in [2.05, 4.69) is 5.32 Å². The van der Waals surface area contributed by atoms with Gasteiger partial charge in [-0.1, -0.05) is 23.2 Å². The number of methoxy groups -OCH3 is 1. The maximum absolute atomic E-state index is 12.3. The van der Waals surface area contributed by atoms with E-state index in [9.17, 15) is 9.59 Å². The van der Waals surface area contributed by atoms with Crippen LogP contribution in [0.5, 0.6) is 0 Å². The number of halogens is 2. The number of nitrogens with one attached hydrogen (secondary N) is 1. The topological polar surface area (TPSA) is 58.6 Å². The molecular weight excluding hydrogens is 327 g/mol. The highest BCUT2D eigenvalue weighted by Crippen LogP contribution is 2.27. The van der Waals surface area contributed by atoms with Gasteiger partial charge < -0.3 is 15.0 Å². The van der Waals surface area contributed by atoms with Crippen LogP contribution in [0.1, 0.15) is 13.3 Å². The summed E-state index contributed by atoms with van der Waals surface area (Å²) >= 11 is 11.9. The Hall–Kier alpha value is -1.30. The van der Waals surface area contributed by atoms with Crippen molar-refractivity contribution in [2.24, 2.45) is 5.92 Å². The van der Waals surface area contributed by atoms with Gasteiger partial charge in [-0.3, -0.25) is 9.59 Å². The summed E-state index contributed by atoms with van der Waals surface area (Å²) in [4.78, 5) is 26.0. The summed E-state index contributed by atoms with van der Waals surface area (Å²) in [6.45, 7) is 2.74. The fourth-order valence-corrected chi connectivity index (χ4v) is 2.95. The van der Waals surface area contributed by atoms with Gasteiger partial charge in [-0.05, 0) is 25.1 Å². The van der Waals surface area contributed by atoms with Crippen molar-refractivity contribution in [3.05, 3.63) is 28.2 Å². The highest BCUT2D eigenvalue weighted by atomic mass is 35.5. The molecule has 0 spiro atoms. The molecule has 2 amide bonds. The molecule has 5 nitrogen and oxygen atoms in total. The number of hydrogen-bond donors (Lipinski definition) is 1. The summed E-state index contributed by atoms with van der Waals surface area (Å²) in [5.74, 6) is -0.643. The Morgan fingerprint density at radius 2 is 2.23 bits per heavy atom. The second-order valence-electron chi connectivity index (χ2n) is 5.36. The lowest BCUT2D eigenvalue weighted by molar-refractivity contribution is -0.130. The minimum absolute atomic E-state index is 0.0353. The fourth-order valence-electron chi connectivity index (χ4n) is 2.49. The number of carbonyl (C=O) groups is 2. The van der Waals surface area contributed by atoms with Crippen LogP contribution in [0, 0.1) is 5.92 Å². The number of ether oxygens (including phenoxy) is 1. The monoisotopic (exact) mass is 344 g/mol. The first kappa shape index (κ1) is 17.1. The second-order valence-corrected chi connectivity index (χ2v) is 6.21. The summed E-state index contributed by atoms with van der Waals surface area (Å²) in [7, 11) is 1.59. The van der Waals surface area contributed by atoms with Crippen LogP contribution in [0.25, 0.3) is 0 Å². The standard InChI is InChI=1S/C15H18Cl2N2O3/c1-9(8-22-2)19-7-10(5-14(19)20)15(21)18-13-4-3-11(16)6-12(13)17/h3-4,6,9-10H,5,7-8H2,1-2H3,(H,18,21)/t9-,10+/m1/s1. The van der Waals surface area contributed by atoms with Crippen molar-refractivity contribution in [3.8, 4) is 0 Å². The van der Waals surface area contributed by atoms with Crippen LogP contribution in [0.2, 0.25) is 10.0 Å². The molecule has 0 aromatic heterocycles. The lowest BCUT2D eigenvalue weighted by Crippen LogP contribution is -2.38. The van der Waals surface area contributed by atoms with Crippen molar-refractivity contribution >= 4 is 40.7 Å². The molecule has 22 heavy (non-hydrogen) atoms. The smallest absolute Gasteiger partial charge is 0.229 e. The molecule has 1 aliphatic rings. The van der Waals surface area contributed by atoms with E-state index in [0.29, 0.717) is 28.9 Å². The summed E-state index contributed by atoms with van der Waals surface area (Å²) in [5.41, 5.74) is 0.493. The fraction of sp³-hybridized carbons (Fsp3) is 0.467. The minimum atomic E-state index is -0.390. The molecule has 1 N–H and O–H groups in total. The molecule has 1 saturated heterocycles. The summed E-state index contributed by atoms with van der Waals surface area (Å²) in [5, 5.41) is 3.62. The number of hydrogen-bond acceptors (Lipinski definition) is 3. The predicted octanol–water partition coefficient (Wildman–Crippen LogP) is 2.82. The zero-order valence-corrected chi connectivity index (χ0v) is 13.9. The number of rotatable bonds is 5. The molecule has 0 saturated carbocycles. The van der Waals surface area contributed by atoms with Gasteiger partial charge in [0, 0.05) is 25.1 Å². The minimum Gasteiger partial charge on any atom is -0.383 e. The number of amides is 2. The van der Waals surface area contributed by atoms with Gasteiger partial charge in [0.2, 0.25) is 11.8 Å². The van der Waals surface area contributed by atoms with E-state index in [1.165, 1.54) is 0 Å². The summed E-state index contributed by atoms with van der Waals surface area (Å²) in [6, 6.07) is 4.81. The first-order valence-corrected chi connectivity index (χ1v) is 7.72. The lowest BCUT2D eigenvalue weighted by Gasteiger charge is -2.23. The molecule has 1 aliphatic heterocycles. The van der Waals surface area contributed by atoms with Gasteiger partial charge >= 0.3 is 0 Å². The van der Waals surface area contributed by atoms with E-state index in [4.69, 9.17) is 27.9 Å². The van der Waals surface area contributed by atoms with Crippen LogP contribution >= 0.6 is 23.2 Å². The first-order chi connectivity index (χ1) is 10.4. The molecule has 120 valence electrons. The number of carbonyl (C=O) groups excluding carboxylic acids is 2. The Morgan fingerprint density at radius 3 is 2.86 bits per heavy atom. The average Bonchev–Trinajstić information content (AvgIpc) is 2.84. The van der Waals surface area contributed by atoms with Gasteiger partial charge in [0.25, 0.3) is 0 Å². The van der Waals surface area contributed by atoms with Crippen LogP contribution in [0.4, 0.5) is 5.69 Å². The highest BCUT2D eigenvalue weighted by Gasteiger charge is 2.36. The molecule has 0 radical (unpaired) electrons. The maximum Gasteiger partial charge on any atom is 0.229 e. The quantitative estimate of drug-likeness (QED) is 0.893. The number of anilines is 1. The van der Waals surface area contributed by atoms with E-state index in [-0.39, 0.29) is 24.3 Å². The number of benzene rings is 1. The predicted molar refractivity (Wildman–Crippen MR) is 86.2 cm³/mol. The van der Waals surface area contributed by atoms with E-state index in [1.54, 1.807) is 30.2 Å². The molecule has 1 fully saturated rings. The van der Waals surface area contributed by atoms with Gasteiger partial charge in [0.05, 0.1) is 29.3 Å². The third-order valence-corrected chi connectivity index (χ3v) is 4.21. The second kappa shape index (κ2) is 7.31. The molecule has 1 aromatic rings. The van der Waals surface area contributed by atoms with Gasteiger partial charge in [0.15, 0.2) is 0 Å². The Bertz CT molecular complexity index is 580. The Labute approximate surface area is 139 Å². The third-order valence-electron chi connectivity index (χ3n) is 3.66. The summed E-state index contributed by atoms with van der Waals surface area (Å²) < 4.78 is 5.06. The maximum atomic E-state index is 12.3. The SMILES string of the molecule is COC[C@@H](C)N1C[C@@H](C(=O)Nc2ccc(Cl)cc2Cl)CC1=O. The van der Waals surface area contributed by atoms with Crippen molar-refractivity contribution in [2.75, 3.05) is 25.6 Å². The van der Waals surface area contributed by atoms with Crippen LogP contribution in [0.3, 0.4) is 0 Å². The normalized spacial score (nSPS) is 19.4. The Kier molecular flexibility index (Phi) is 5.67. The van der Waals surface area contributed by atoms with Gasteiger partial charge in [-0.25, -0.2) is 0 Å². The van der Waals surface area contributed by atoms with Crippen molar-refractivity contribution in [1.82, 2.24) is 4.90 Å². The van der Waals surface area contributed by atoms with E-state index < -0.39 is 5.92 Å². The molecule has 0 bridgehead atoms. The van der Waals surface area contributed by atoms with Gasteiger partial charge in [0.1, 0.15) is 0 Å². The van der Waals surface area contributed by atoms with Gasteiger partial charge in [-0.2, -0.15) is 0 Å². The van der Waals surface area contributed by atoms with Crippen LogP contribution in [-0.4, -0.2) is 43.0 Å². The zero-order chi connectivity index (χ0) is 16.3. The third kappa shape index (κ3) is 3.91. The van der Waals surface area contributed by atoms with Crippen molar-refractivity contribution < 1.29 is 14.3 Å². The van der Waals surface area contributed by atoms with E-state index in [1.807, 2.05) is 6.92 Å². The molecule has 7 heteroatoms. The zero-order valence-electron chi connectivity index (χ0n) is 12.4. The first-order valence-electron chi connectivity index (χ1n) is 6.96. The number of nitrogens with zero attached hydrogens (tertiary/aromatic N) is 1. The lowest BCUT2D eigenvalue weighted by atomic mass is 10.1. The van der Waals surface area contributed by atoms with E-state index >= 15 is 0 Å². The van der Waals surface area contributed by atoms with Crippen LogP contribution in [-0.2, 0) is 14.3 Å². The molecule has 1 aromatic carbocycles. The van der Waals surface area contributed by atoms with E-state index in [0.717, 1.165) is 0 Å². The van der Waals surface area contributed by atoms with Gasteiger partial charge in [-0.15, -0.1) is 0 Å². The Balaban J connectivity index is 2.00. The molecule has 0 aliphatic carbocycles.